The number of ether oxygens (including phenoxy) is 4. The molecule has 0 radical (unpaired) electrons. The molecule has 0 amide bonds. The first kappa shape index (κ1) is 96.1. The number of aliphatic hydroxyl groups excluding tert-OH is 1. The lowest BCUT2D eigenvalue weighted by Crippen LogP contribution is -2.30. The van der Waals surface area contributed by atoms with E-state index in [0.717, 1.165) is 114 Å². The van der Waals surface area contributed by atoms with E-state index in [2.05, 4.69) is 55.4 Å². The molecule has 0 saturated carbocycles. The number of aliphatic hydroxyl groups is 1. The second kappa shape index (κ2) is 68.2. The van der Waals surface area contributed by atoms with Crippen LogP contribution in [-0.4, -0.2) is 96.7 Å². The highest BCUT2D eigenvalue weighted by Crippen LogP contribution is 2.45. The molecule has 19 heteroatoms. The van der Waals surface area contributed by atoms with Crippen molar-refractivity contribution < 1.29 is 80.2 Å². The van der Waals surface area contributed by atoms with Crippen molar-refractivity contribution in [3.63, 3.8) is 0 Å². The number of carbonyl (C=O) groups excluding carboxylic acids is 4. The number of esters is 4. The highest BCUT2D eigenvalue weighted by atomic mass is 31.2. The minimum atomic E-state index is -4.96. The fourth-order valence-electron chi connectivity index (χ4n) is 12.0. The third-order valence-corrected chi connectivity index (χ3v) is 20.9. The molecule has 0 heterocycles. The molecule has 0 aromatic carbocycles. The van der Waals surface area contributed by atoms with E-state index in [1.165, 1.54) is 199 Å². The van der Waals surface area contributed by atoms with Gasteiger partial charge in [-0.25, -0.2) is 9.13 Å². The fraction of sp³-hybridized carbons (Fsp3) is 0.949. The van der Waals surface area contributed by atoms with Gasteiger partial charge in [0.05, 0.1) is 26.4 Å². The van der Waals surface area contributed by atoms with Crippen LogP contribution >= 0.6 is 15.6 Å². The van der Waals surface area contributed by atoms with Crippen LogP contribution in [0.15, 0.2) is 0 Å². The van der Waals surface area contributed by atoms with Crippen LogP contribution in [0.4, 0.5) is 0 Å². The van der Waals surface area contributed by atoms with Gasteiger partial charge in [-0.3, -0.25) is 37.3 Å². The average Bonchev–Trinajstić information content (AvgIpc) is 1.01. The zero-order valence-electron chi connectivity index (χ0n) is 64.4. The molecule has 0 aliphatic rings. The molecule has 0 aromatic heterocycles. The number of phosphoric acid groups is 2. The molecule has 0 fully saturated rings. The number of rotatable bonds is 76. The van der Waals surface area contributed by atoms with Gasteiger partial charge in [-0.2, -0.15) is 0 Å². The predicted octanol–water partition coefficient (Wildman–Crippen LogP) is 23.2. The summed E-state index contributed by atoms with van der Waals surface area (Å²) in [5.41, 5.74) is 0. The van der Waals surface area contributed by atoms with Gasteiger partial charge in [0.15, 0.2) is 12.2 Å². The van der Waals surface area contributed by atoms with Crippen molar-refractivity contribution in [2.45, 2.75) is 420 Å². The molecule has 7 atom stereocenters. The Hall–Kier alpha value is -1.94. The van der Waals surface area contributed by atoms with Crippen molar-refractivity contribution in [2.75, 3.05) is 39.6 Å². The van der Waals surface area contributed by atoms with E-state index in [1.807, 2.05) is 0 Å². The molecule has 0 spiro atoms. The van der Waals surface area contributed by atoms with Gasteiger partial charge in [0.1, 0.15) is 19.3 Å². The minimum Gasteiger partial charge on any atom is -0.462 e. The molecular weight excluding hydrogens is 1280 g/mol. The summed E-state index contributed by atoms with van der Waals surface area (Å²) in [7, 11) is -9.91. The quantitative estimate of drug-likeness (QED) is 0.0222. The van der Waals surface area contributed by atoms with Gasteiger partial charge in [-0.05, 0) is 49.4 Å². The van der Waals surface area contributed by atoms with E-state index >= 15 is 0 Å². The molecule has 0 aromatic rings. The van der Waals surface area contributed by atoms with E-state index < -0.39 is 97.5 Å². The Balaban J connectivity index is 5.11. The largest absolute Gasteiger partial charge is 0.472 e. The van der Waals surface area contributed by atoms with Gasteiger partial charge in [-0.15, -0.1) is 0 Å². The maximum absolute atomic E-state index is 13.1. The van der Waals surface area contributed by atoms with Crippen LogP contribution in [0, 0.1) is 23.7 Å². The minimum absolute atomic E-state index is 0.102. The molecule has 582 valence electrons. The standard InChI is InChI=1S/C79H154O17P2/c1-9-71(7)57-49-41-32-28-24-20-15-13-11-12-14-16-21-25-29-33-43-51-59-76(81)89-65-75(96-79(84)62-54-46-37-35-40-48-56-70(5)6)68-94-98(87,88)92-64-73(80)63-91-97(85,86)93-67-74(66-90-77(82)60-52-44-38-36-42-50-58-72(8)10-2)95-78(83)61-53-45-34-30-26-22-18-17-19-23-27-31-39-47-55-69(3)4/h69-75,80H,9-68H2,1-8H3,(H,85,86)(H,87,88)/t71?,72?,73-,74+,75+/m0/s1. The van der Waals surface area contributed by atoms with Crippen LogP contribution in [0.5, 0.6) is 0 Å². The van der Waals surface area contributed by atoms with Crippen LogP contribution < -0.4 is 0 Å². The normalized spacial score (nSPS) is 14.6. The molecule has 0 rings (SSSR count). The third-order valence-electron chi connectivity index (χ3n) is 19.0. The lowest BCUT2D eigenvalue weighted by molar-refractivity contribution is -0.161. The first-order chi connectivity index (χ1) is 47.2. The highest BCUT2D eigenvalue weighted by molar-refractivity contribution is 7.47. The lowest BCUT2D eigenvalue weighted by atomic mass is 9.99. The van der Waals surface area contributed by atoms with Crippen molar-refractivity contribution in [1.29, 1.82) is 0 Å². The van der Waals surface area contributed by atoms with Gasteiger partial charge < -0.3 is 33.8 Å². The zero-order chi connectivity index (χ0) is 72.4. The topological polar surface area (TPSA) is 237 Å². The summed E-state index contributed by atoms with van der Waals surface area (Å²) < 4.78 is 68.5. The average molecular weight is 1440 g/mol. The number of hydrogen-bond acceptors (Lipinski definition) is 15. The van der Waals surface area contributed by atoms with E-state index in [0.29, 0.717) is 31.6 Å². The van der Waals surface area contributed by atoms with Crippen molar-refractivity contribution in [3.8, 4) is 0 Å². The molecule has 17 nitrogen and oxygen atoms in total. The third kappa shape index (κ3) is 69.8. The Labute approximate surface area is 600 Å². The highest BCUT2D eigenvalue weighted by Gasteiger charge is 2.30. The van der Waals surface area contributed by atoms with Crippen LogP contribution in [0.3, 0.4) is 0 Å². The molecule has 4 unspecified atom stereocenters. The Bertz CT molecular complexity index is 1920. The van der Waals surface area contributed by atoms with Crippen LogP contribution in [0.1, 0.15) is 402 Å². The van der Waals surface area contributed by atoms with Crippen molar-refractivity contribution in [2.24, 2.45) is 23.7 Å². The summed E-state index contributed by atoms with van der Waals surface area (Å²) in [6.07, 6.45) is 54.5. The number of carbonyl (C=O) groups is 4. The second-order valence-electron chi connectivity index (χ2n) is 29.9. The van der Waals surface area contributed by atoms with Gasteiger partial charge in [0.2, 0.25) is 0 Å². The van der Waals surface area contributed by atoms with Gasteiger partial charge in [0, 0.05) is 25.7 Å². The Morgan fingerprint density at radius 3 is 0.724 bits per heavy atom. The lowest BCUT2D eigenvalue weighted by Gasteiger charge is -2.21. The second-order valence-corrected chi connectivity index (χ2v) is 32.8. The monoisotopic (exact) mass is 1440 g/mol. The smallest absolute Gasteiger partial charge is 0.462 e. The molecular formula is C79H154O17P2. The van der Waals surface area contributed by atoms with Crippen molar-refractivity contribution in [1.82, 2.24) is 0 Å². The maximum atomic E-state index is 13.1. The summed E-state index contributed by atoms with van der Waals surface area (Å²) in [4.78, 5) is 72.8. The Morgan fingerprint density at radius 1 is 0.286 bits per heavy atom. The molecule has 0 aliphatic heterocycles. The number of unbranched alkanes of at least 4 members (excludes halogenated alkanes) is 40. The van der Waals surface area contributed by atoms with Gasteiger partial charge in [-0.1, -0.05) is 351 Å². The summed E-state index contributed by atoms with van der Waals surface area (Å²) in [6.45, 7) is 14.2. The summed E-state index contributed by atoms with van der Waals surface area (Å²) in [5, 5.41) is 10.6. The van der Waals surface area contributed by atoms with Crippen LogP contribution in [0.25, 0.3) is 0 Å². The molecule has 0 bridgehead atoms. The van der Waals surface area contributed by atoms with Crippen molar-refractivity contribution in [3.05, 3.63) is 0 Å². The summed E-state index contributed by atoms with van der Waals surface area (Å²) in [6, 6.07) is 0. The van der Waals surface area contributed by atoms with Crippen LogP contribution in [-0.2, 0) is 65.4 Å². The molecule has 0 aliphatic carbocycles. The summed E-state index contributed by atoms with van der Waals surface area (Å²) >= 11 is 0. The molecule has 3 N–H and O–H groups in total. The number of phosphoric ester groups is 2. The summed E-state index contributed by atoms with van der Waals surface area (Å²) in [5.74, 6) is 0.945. The molecule has 98 heavy (non-hydrogen) atoms. The zero-order valence-corrected chi connectivity index (χ0v) is 66.2. The first-order valence-corrected chi connectivity index (χ1v) is 43.8. The number of hydrogen-bond donors (Lipinski definition) is 3. The van der Waals surface area contributed by atoms with Gasteiger partial charge in [0.25, 0.3) is 0 Å². The van der Waals surface area contributed by atoms with Crippen LogP contribution in [0.2, 0.25) is 0 Å². The fourth-order valence-corrected chi connectivity index (χ4v) is 13.6. The van der Waals surface area contributed by atoms with Gasteiger partial charge >= 0.3 is 39.5 Å². The van der Waals surface area contributed by atoms with E-state index in [1.54, 1.807) is 0 Å². The Morgan fingerprint density at radius 2 is 0.490 bits per heavy atom. The predicted molar refractivity (Wildman–Crippen MR) is 400 cm³/mol. The maximum Gasteiger partial charge on any atom is 0.472 e. The van der Waals surface area contributed by atoms with Crippen molar-refractivity contribution >= 4 is 39.5 Å². The Kier molecular flexibility index (Phi) is 66.8. The molecule has 0 saturated heterocycles. The first-order valence-electron chi connectivity index (χ1n) is 40.8. The van der Waals surface area contributed by atoms with E-state index in [4.69, 9.17) is 37.0 Å². The SMILES string of the molecule is CCC(C)CCCCCCCCCCCCCCCCCCCCC(=O)OC[C@H](COP(=O)(O)OC[C@@H](O)COP(=O)(O)OC[C@@H](COC(=O)CCCCCCCCC(C)CC)OC(=O)CCCCCCCCCCCCCCCCC(C)C)OC(=O)CCCCCCCCC(C)C. The van der Waals surface area contributed by atoms with E-state index in [9.17, 15) is 43.2 Å². The van der Waals surface area contributed by atoms with E-state index in [-0.39, 0.29) is 25.7 Å².